The lowest BCUT2D eigenvalue weighted by Crippen LogP contribution is -2.38. The van der Waals surface area contributed by atoms with Gasteiger partial charge in [0.15, 0.2) is 5.96 Å². The Labute approximate surface area is 185 Å². The van der Waals surface area contributed by atoms with E-state index in [4.69, 9.17) is 9.15 Å². The van der Waals surface area contributed by atoms with Crippen molar-refractivity contribution in [1.29, 1.82) is 0 Å². The molecule has 0 aliphatic heterocycles. The number of nitrogens with zero attached hydrogens (tertiary/aromatic N) is 3. The lowest BCUT2D eigenvalue weighted by atomic mass is 10.1. The molecule has 0 unspecified atom stereocenters. The summed E-state index contributed by atoms with van der Waals surface area (Å²) in [6, 6.07) is 8.14. The maximum absolute atomic E-state index is 5.59. The van der Waals surface area contributed by atoms with E-state index >= 15 is 0 Å². The molecule has 2 rings (SSSR count). The SMILES string of the molecule is CN=C(NCCCN(C)CCOC)NCc1coc(-c2ccc(C)cc2)n1.I. The lowest BCUT2D eigenvalue weighted by molar-refractivity contribution is 0.161. The fraction of sp³-hybridized carbons (Fsp3) is 0.500. The molecule has 28 heavy (non-hydrogen) atoms. The number of methoxy groups -OCH3 is 1. The lowest BCUT2D eigenvalue weighted by Gasteiger charge is -2.16. The maximum Gasteiger partial charge on any atom is 0.226 e. The highest BCUT2D eigenvalue weighted by molar-refractivity contribution is 14.0. The van der Waals surface area contributed by atoms with Crippen LogP contribution in [0.2, 0.25) is 0 Å². The van der Waals surface area contributed by atoms with Gasteiger partial charge in [-0.05, 0) is 39.1 Å². The minimum absolute atomic E-state index is 0. The Kier molecular flexibility index (Phi) is 11.8. The fourth-order valence-corrected chi connectivity index (χ4v) is 2.53. The van der Waals surface area contributed by atoms with Crippen molar-refractivity contribution >= 4 is 29.9 Å². The Morgan fingerprint density at radius 2 is 1.96 bits per heavy atom. The van der Waals surface area contributed by atoms with Crippen LogP contribution in [-0.2, 0) is 11.3 Å². The minimum Gasteiger partial charge on any atom is -0.444 e. The molecule has 2 aromatic rings. The topological polar surface area (TPSA) is 74.9 Å². The number of hydrogen-bond acceptors (Lipinski definition) is 5. The van der Waals surface area contributed by atoms with E-state index in [0.717, 1.165) is 49.9 Å². The van der Waals surface area contributed by atoms with Crippen LogP contribution in [0.3, 0.4) is 0 Å². The zero-order valence-corrected chi connectivity index (χ0v) is 19.5. The first kappa shape index (κ1) is 24.4. The number of nitrogens with one attached hydrogen (secondary N) is 2. The summed E-state index contributed by atoms with van der Waals surface area (Å²) in [7, 11) is 5.59. The molecule has 0 atom stereocenters. The van der Waals surface area contributed by atoms with Crippen molar-refractivity contribution in [3.63, 3.8) is 0 Å². The molecule has 156 valence electrons. The van der Waals surface area contributed by atoms with Crippen LogP contribution in [0.5, 0.6) is 0 Å². The van der Waals surface area contributed by atoms with Crippen LogP contribution in [0.1, 0.15) is 17.7 Å². The number of aliphatic imine (C=N–C) groups is 1. The monoisotopic (exact) mass is 501 g/mol. The number of aromatic nitrogens is 1. The predicted octanol–water partition coefficient (Wildman–Crippen LogP) is 2.90. The number of oxazole rings is 1. The molecular weight excluding hydrogens is 469 g/mol. The Morgan fingerprint density at radius 3 is 2.64 bits per heavy atom. The van der Waals surface area contributed by atoms with E-state index < -0.39 is 0 Å². The number of benzene rings is 1. The van der Waals surface area contributed by atoms with Crippen molar-refractivity contribution in [2.24, 2.45) is 4.99 Å². The van der Waals surface area contributed by atoms with Crippen molar-refractivity contribution in [2.75, 3.05) is 47.4 Å². The van der Waals surface area contributed by atoms with E-state index in [2.05, 4.69) is 51.6 Å². The summed E-state index contributed by atoms with van der Waals surface area (Å²) in [5.74, 6) is 1.39. The summed E-state index contributed by atoms with van der Waals surface area (Å²) in [6.45, 7) is 6.18. The molecule has 0 amide bonds. The van der Waals surface area contributed by atoms with E-state index in [1.54, 1.807) is 20.4 Å². The van der Waals surface area contributed by atoms with Gasteiger partial charge < -0.3 is 24.7 Å². The van der Waals surface area contributed by atoms with Gasteiger partial charge in [0.2, 0.25) is 5.89 Å². The molecule has 0 saturated carbocycles. The fourth-order valence-electron chi connectivity index (χ4n) is 2.53. The largest absolute Gasteiger partial charge is 0.444 e. The van der Waals surface area contributed by atoms with Crippen LogP contribution in [-0.4, -0.2) is 63.3 Å². The minimum atomic E-state index is 0. The number of hydrogen-bond donors (Lipinski definition) is 2. The van der Waals surface area contributed by atoms with Crippen molar-refractivity contribution in [3.05, 3.63) is 41.8 Å². The predicted molar refractivity (Wildman–Crippen MR) is 124 cm³/mol. The van der Waals surface area contributed by atoms with Gasteiger partial charge in [0.1, 0.15) is 6.26 Å². The first-order chi connectivity index (χ1) is 13.1. The second kappa shape index (κ2) is 13.5. The molecule has 0 fully saturated rings. The summed E-state index contributed by atoms with van der Waals surface area (Å²) in [6.07, 6.45) is 2.71. The molecule has 1 heterocycles. The van der Waals surface area contributed by atoms with Crippen molar-refractivity contribution in [1.82, 2.24) is 20.5 Å². The van der Waals surface area contributed by atoms with Gasteiger partial charge in [0.05, 0.1) is 18.8 Å². The molecule has 0 aliphatic rings. The number of likely N-dealkylation sites (N-methyl/N-ethyl adjacent to an activating group) is 1. The maximum atomic E-state index is 5.59. The van der Waals surface area contributed by atoms with E-state index in [0.29, 0.717) is 12.4 Å². The van der Waals surface area contributed by atoms with Crippen LogP contribution < -0.4 is 10.6 Å². The van der Waals surface area contributed by atoms with Crippen molar-refractivity contribution in [2.45, 2.75) is 19.9 Å². The summed E-state index contributed by atoms with van der Waals surface area (Å²) < 4.78 is 10.7. The molecule has 0 spiro atoms. The molecule has 7 nitrogen and oxygen atoms in total. The number of aryl methyl sites for hydroxylation is 1. The molecular formula is C20H32IN5O2. The van der Waals surface area contributed by atoms with Gasteiger partial charge in [-0.3, -0.25) is 4.99 Å². The van der Waals surface area contributed by atoms with Gasteiger partial charge in [0.25, 0.3) is 0 Å². The van der Waals surface area contributed by atoms with Gasteiger partial charge in [-0.1, -0.05) is 17.7 Å². The van der Waals surface area contributed by atoms with Gasteiger partial charge in [-0.15, -0.1) is 24.0 Å². The molecule has 0 radical (unpaired) electrons. The van der Waals surface area contributed by atoms with Crippen LogP contribution >= 0.6 is 24.0 Å². The smallest absolute Gasteiger partial charge is 0.226 e. The number of ether oxygens (including phenoxy) is 1. The number of rotatable bonds is 10. The van der Waals surface area contributed by atoms with Crippen LogP contribution in [0.15, 0.2) is 39.9 Å². The zero-order chi connectivity index (χ0) is 19.5. The molecule has 8 heteroatoms. The van der Waals surface area contributed by atoms with Crippen molar-refractivity contribution < 1.29 is 9.15 Å². The van der Waals surface area contributed by atoms with Crippen molar-refractivity contribution in [3.8, 4) is 11.5 Å². The quantitative estimate of drug-likeness (QED) is 0.226. The molecule has 0 bridgehead atoms. The van der Waals surface area contributed by atoms with E-state index in [9.17, 15) is 0 Å². The third kappa shape index (κ3) is 8.57. The number of halogens is 1. The summed E-state index contributed by atoms with van der Waals surface area (Å²) in [4.78, 5) is 11.0. The Morgan fingerprint density at radius 1 is 1.21 bits per heavy atom. The van der Waals surface area contributed by atoms with Crippen LogP contribution in [0.4, 0.5) is 0 Å². The first-order valence-corrected chi connectivity index (χ1v) is 9.26. The average molecular weight is 501 g/mol. The van der Waals surface area contributed by atoms with E-state index in [1.165, 1.54) is 5.56 Å². The van der Waals surface area contributed by atoms with E-state index in [-0.39, 0.29) is 24.0 Å². The Hall–Kier alpha value is -1.65. The highest BCUT2D eigenvalue weighted by Gasteiger charge is 2.07. The Balaban J connectivity index is 0.00000392. The highest BCUT2D eigenvalue weighted by atomic mass is 127. The molecule has 1 aromatic carbocycles. The molecule has 1 aromatic heterocycles. The number of guanidine groups is 1. The average Bonchev–Trinajstić information content (AvgIpc) is 3.15. The summed E-state index contributed by atoms with van der Waals surface area (Å²) >= 11 is 0. The summed E-state index contributed by atoms with van der Waals surface area (Å²) in [5.41, 5.74) is 3.03. The van der Waals surface area contributed by atoms with Gasteiger partial charge >= 0.3 is 0 Å². The second-order valence-corrected chi connectivity index (χ2v) is 6.51. The van der Waals surface area contributed by atoms with Gasteiger partial charge in [0, 0.05) is 32.8 Å². The standard InChI is InChI=1S/C20H31N5O2.HI/c1-16-6-8-17(9-7-16)19-24-18(15-27-19)14-23-20(21-2)22-10-5-11-25(3)12-13-26-4;/h6-9,15H,5,10-14H2,1-4H3,(H2,21,22,23);1H. The van der Waals surface area contributed by atoms with Gasteiger partial charge in [-0.25, -0.2) is 4.98 Å². The van der Waals surface area contributed by atoms with E-state index in [1.807, 2.05) is 12.1 Å². The molecule has 0 saturated heterocycles. The zero-order valence-electron chi connectivity index (χ0n) is 17.2. The van der Waals surface area contributed by atoms with Crippen LogP contribution in [0.25, 0.3) is 11.5 Å². The summed E-state index contributed by atoms with van der Waals surface area (Å²) in [5, 5.41) is 6.58. The third-order valence-electron chi connectivity index (χ3n) is 4.20. The molecule has 2 N–H and O–H groups in total. The first-order valence-electron chi connectivity index (χ1n) is 9.26. The van der Waals surface area contributed by atoms with Gasteiger partial charge in [-0.2, -0.15) is 0 Å². The molecule has 0 aliphatic carbocycles. The second-order valence-electron chi connectivity index (χ2n) is 6.51. The highest BCUT2D eigenvalue weighted by Crippen LogP contribution is 2.18. The van der Waals surface area contributed by atoms with Crippen LogP contribution in [0, 0.1) is 6.92 Å². The third-order valence-corrected chi connectivity index (χ3v) is 4.20. The Bertz CT molecular complexity index is 703. The normalized spacial score (nSPS) is 11.4.